The number of benzene rings is 1. The molecule has 2 rings (SSSR count). The first-order valence-electron chi connectivity index (χ1n) is 6.02. The maximum absolute atomic E-state index is 12.1. The number of carbonyl (C=O) groups excluding carboxylic acids is 1. The highest BCUT2D eigenvalue weighted by molar-refractivity contribution is 6.03. The summed E-state index contributed by atoms with van der Waals surface area (Å²) in [5.41, 5.74) is 1.86. The Morgan fingerprint density at radius 1 is 1.50 bits per heavy atom. The van der Waals surface area contributed by atoms with E-state index in [4.69, 9.17) is 10.00 Å². The summed E-state index contributed by atoms with van der Waals surface area (Å²) in [6.07, 6.45) is 0. The van der Waals surface area contributed by atoms with E-state index >= 15 is 0 Å². The number of nitrogens with zero attached hydrogens (tertiary/aromatic N) is 3. The van der Waals surface area contributed by atoms with Crippen LogP contribution in [0.1, 0.15) is 16.2 Å². The Labute approximate surface area is 116 Å². The van der Waals surface area contributed by atoms with Crippen molar-refractivity contribution in [2.24, 2.45) is 7.05 Å². The monoisotopic (exact) mass is 270 g/mol. The number of anilines is 1. The smallest absolute Gasteiger partial charge is 0.273 e. The Balaban J connectivity index is 2.12. The number of nitrogens with one attached hydrogen (secondary N) is 1. The van der Waals surface area contributed by atoms with Crippen molar-refractivity contribution in [2.45, 2.75) is 6.92 Å². The summed E-state index contributed by atoms with van der Waals surface area (Å²) < 4.78 is 6.71. The van der Waals surface area contributed by atoms with E-state index in [1.807, 2.05) is 13.0 Å². The average molecular weight is 270 g/mol. The normalized spacial score (nSPS) is 9.85. The summed E-state index contributed by atoms with van der Waals surface area (Å²) in [6.45, 7) is 1.80. The molecule has 0 aliphatic rings. The SMILES string of the molecule is Cc1cc(C(=O)Nc2cccc(OCC#N)c2)n(C)n1. The molecule has 1 aromatic heterocycles. The summed E-state index contributed by atoms with van der Waals surface area (Å²) in [6, 6.07) is 10.5. The molecule has 0 spiro atoms. The summed E-state index contributed by atoms with van der Waals surface area (Å²) in [7, 11) is 1.72. The molecule has 6 nitrogen and oxygen atoms in total. The van der Waals surface area contributed by atoms with Crippen molar-refractivity contribution >= 4 is 11.6 Å². The minimum absolute atomic E-state index is 0.0294. The first-order valence-corrected chi connectivity index (χ1v) is 6.02. The number of nitriles is 1. The molecule has 1 amide bonds. The highest BCUT2D eigenvalue weighted by atomic mass is 16.5. The van der Waals surface area contributed by atoms with Gasteiger partial charge in [0.2, 0.25) is 0 Å². The van der Waals surface area contributed by atoms with Crippen LogP contribution in [0.15, 0.2) is 30.3 Å². The number of hydrogen-bond donors (Lipinski definition) is 1. The zero-order chi connectivity index (χ0) is 14.5. The highest BCUT2D eigenvalue weighted by Crippen LogP contribution is 2.18. The van der Waals surface area contributed by atoms with E-state index in [-0.39, 0.29) is 12.5 Å². The maximum atomic E-state index is 12.1. The Bertz CT molecular complexity index is 670. The third-order valence-corrected chi connectivity index (χ3v) is 2.63. The number of hydrogen-bond acceptors (Lipinski definition) is 4. The summed E-state index contributed by atoms with van der Waals surface area (Å²) >= 11 is 0. The molecular formula is C14H14N4O2. The fraction of sp³-hybridized carbons (Fsp3) is 0.214. The first kappa shape index (κ1) is 13.6. The minimum atomic E-state index is -0.245. The van der Waals surface area contributed by atoms with Crippen molar-refractivity contribution in [2.75, 3.05) is 11.9 Å². The fourth-order valence-electron chi connectivity index (χ4n) is 1.80. The Kier molecular flexibility index (Phi) is 4.01. The van der Waals surface area contributed by atoms with Crippen LogP contribution < -0.4 is 10.1 Å². The minimum Gasteiger partial charge on any atom is -0.479 e. The molecule has 0 radical (unpaired) electrons. The van der Waals surface area contributed by atoms with Gasteiger partial charge in [0.15, 0.2) is 6.61 Å². The number of carbonyl (C=O) groups is 1. The van der Waals surface area contributed by atoms with Crippen molar-refractivity contribution in [1.29, 1.82) is 5.26 Å². The molecule has 0 aliphatic heterocycles. The second-order valence-electron chi connectivity index (χ2n) is 4.22. The lowest BCUT2D eigenvalue weighted by atomic mass is 10.3. The van der Waals surface area contributed by atoms with E-state index in [2.05, 4.69) is 10.4 Å². The first-order chi connectivity index (χ1) is 9.60. The standard InChI is InChI=1S/C14H14N4O2/c1-10-8-13(18(2)17-10)14(19)16-11-4-3-5-12(9-11)20-7-6-15/h3-5,8-9H,7H2,1-2H3,(H,16,19). The lowest BCUT2D eigenvalue weighted by Crippen LogP contribution is -2.16. The number of ether oxygens (including phenoxy) is 1. The van der Waals surface area contributed by atoms with Gasteiger partial charge in [-0.25, -0.2) is 0 Å². The van der Waals surface area contributed by atoms with Gasteiger partial charge in [-0.2, -0.15) is 10.4 Å². The van der Waals surface area contributed by atoms with E-state index in [1.165, 1.54) is 4.68 Å². The predicted octanol–water partition coefficient (Wildman–Crippen LogP) is 1.88. The lowest BCUT2D eigenvalue weighted by Gasteiger charge is -2.07. The van der Waals surface area contributed by atoms with Gasteiger partial charge >= 0.3 is 0 Å². The molecule has 1 N–H and O–H groups in total. The van der Waals surface area contributed by atoms with E-state index in [0.717, 1.165) is 5.69 Å². The van der Waals surface area contributed by atoms with E-state index in [9.17, 15) is 4.79 Å². The van der Waals surface area contributed by atoms with Gasteiger partial charge in [-0.15, -0.1) is 0 Å². The van der Waals surface area contributed by atoms with Crippen LogP contribution in [0.2, 0.25) is 0 Å². The van der Waals surface area contributed by atoms with Crippen LogP contribution in [-0.2, 0) is 7.05 Å². The number of aromatic nitrogens is 2. The zero-order valence-electron chi connectivity index (χ0n) is 11.3. The van der Waals surface area contributed by atoms with Gasteiger partial charge in [0.05, 0.1) is 5.69 Å². The molecule has 0 saturated carbocycles. The largest absolute Gasteiger partial charge is 0.479 e. The summed E-state index contributed by atoms with van der Waals surface area (Å²) in [5.74, 6) is 0.288. The predicted molar refractivity (Wildman–Crippen MR) is 73.4 cm³/mol. The van der Waals surface area contributed by atoms with Crippen LogP contribution in [0.4, 0.5) is 5.69 Å². The molecule has 0 unspecified atom stereocenters. The van der Waals surface area contributed by atoms with Gasteiger partial charge in [-0.05, 0) is 25.1 Å². The van der Waals surface area contributed by atoms with Crippen LogP contribution in [0.25, 0.3) is 0 Å². The van der Waals surface area contributed by atoms with Crippen molar-refractivity contribution in [3.63, 3.8) is 0 Å². The Hall–Kier alpha value is -2.81. The van der Waals surface area contributed by atoms with Gasteiger partial charge < -0.3 is 10.1 Å². The Morgan fingerprint density at radius 3 is 2.95 bits per heavy atom. The molecule has 0 saturated heterocycles. The quantitative estimate of drug-likeness (QED) is 0.919. The van der Waals surface area contributed by atoms with Crippen LogP contribution in [0.5, 0.6) is 5.75 Å². The molecule has 20 heavy (non-hydrogen) atoms. The van der Waals surface area contributed by atoms with Crippen LogP contribution in [0, 0.1) is 18.3 Å². The van der Waals surface area contributed by atoms with Gasteiger partial charge in [-0.3, -0.25) is 9.48 Å². The number of amides is 1. The highest BCUT2D eigenvalue weighted by Gasteiger charge is 2.12. The van der Waals surface area contributed by atoms with E-state index in [1.54, 1.807) is 37.4 Å². The molecule has 6 heteroatoms. The third kappa shape index (κ3) is 3.14. The van der Waals surface area contributed by atoms with Gasteiger partial charge in [0, 0.05) is 18.8 Å². The van der Waals surface area contributed by atoms with E-state index < -0.39 is 0 Å². The lowest BCUT2D eigenvalue weighted by molar-refractivity contribution is 0.101. The van der Waals surface area contributed by atoms with E-state index in [0.29, 0.717) is 17.1 Å². The molecule has 102 valence electrons. The van der Waals surface area contributed by atoms with Gasteiger partial charge in [0.1, 0.15) is 17.5 Å². The van der Waals surface area contributed by atoms with Crippen molar-refractivity contribution in [3.05, 3.63) is 41.7 Å². The fourth-order valence-corrected chi connectivity index (χ4v) is 1.80. The summed E-state index contributed by atoms with van der Waals surface area (Å²) in [5, 5.41) is 15.4. The third-order valence-electron chi connectivity index (χ3n) is 2.63. The van der Waals surface area contributed by atoms with Crippen molar-refractivity contribution in [1.82, 2.24) is 9.78 Å². The molecular weight excluding hydrogens is 256 g/mol. The second kappa shape index (κ2) is 5.89. The van der Waals surface area contributed by atoms with Crippen molar-refractivity contribution < 1.29 is 9.53 Å². The molecule has 2 aromatic rings. The maximum Gasteiger partial charge on any atom is 0.273 e. The van der Waals surface area contributed by atoms with Crippen LogP contribution in [-0.4, -0.2) is 22.3 Å². The Morgan fingerprint density at radius 2 is 2.30 bits per heavy atom. The number of rotatable bonds is 4. The molecule has 0 fully saturated rings. The topological polar surface area (TPSA) is 79.9 Å². The number of aryl methyl sites for hydroxylation is 2. The second-order valence-corrected chi connectivity index (χ2v) is 4.22. The van der Waals surface area contributed by atoms with Gasteiger partial charge in [-0.1, -0.05) is 6.07 Å². The van der Waals surface area contributed by atoms with Crippen molar-refractivity contribution in [3.8, 4) is 11.8 Å². The van der Waals surface area contributed by atoms with Crippen LogP contribution >= 0.6 is 0 Å². The molecule has 0 bridgehead atoms. The summed E-state index contributed by atoms with van der Waals surface area (Å²) in [4.78, 5) is 12.1. The molecule has 1 aromatic carbocycles. The molecule has 1 heterocycles. The zero-order valence-corrected chi connectivity index (χ0v) is 11.3. The van der Waals surface area contributed by atoms with Gasteiger partial charge in [0.25, 0.3) is 5.91 Å². The molecule has 0 atom stereocenters. The average Bonchev–Trinajstić information content (AvgIpc) is 2.76. The molecule has 0 aliphatic carbocycles. The van der Waals surface area contributed by atoms with Crippen LogP contribution in [0.3, 0.4) is 0 Å².